The van der Waals surface area contributed by atoms with E-state index >= 15 is 0 Å². The highest BCUT2D eigenvalue weighted by Gasteiger charge is 2.29. The average molecular weight is 467 g/mol. The van der Waals surface area contributed by atoms with Crippen LogP contribution in [0.15, 0.2) is 41.3 Å². The number of benzene rings is 2. The van der Waals surface area contributed by atoms with Crippen LogP contribution in [0.3, 0.4) is 0 Å². The number of amides is 1. The van der Waals surface area contributed by atoms with Crippen LogP contribution in [-0.2, 0) is 10.0 Å². The number of aromatic nitrogens is 1. The Bertz CT molecular complexity index is 1270. The molecule has 1 N–H and O–H groups in total. The number of rotatable bonds is 5. The molecule has 1 aliphatic heterocycles. The quantitative estimate of drug-likeness (QED) is 0.449. The molecule has 1 aliphatic rings. The van der Waals surface area contributed by atoms with E-state index in [0.717, 1.165) is 24.2 Å². The number of halogens is 1. The number of fused-ring (bicyclic) bond motifs is 1. The monoisotopic (exact) mass is 466 g/mol. The van der Waals surface area contributed by atoms with Crippen molar-refractivity contribution < 1.29 is 18.1 Å². The molecular formula is C18H15ClN4O5S2. The smallest absolute Gasteiger partial charge is 0.270 e. The van der Waals surface area contributed by atoms with E-state index in [1.165, 1.54) is 40.7 Å². The number of non-ortho nitro benzene ring substituents is 1. The highest BCUT2D eigenvalue weighted by Crippen LogP contribution is 2.31. The molecule has 4 rings (SSSR count). The molecule has 156 valence electrons. The number of nitro benzene ring substituents is 1. The first-order chi connectivity index (χ1) is 14.3. The van der Waals surface area contributed by atoms with Crippen molar-refractivity contribution in [3.8, 4) is 0 Å². The van der Waals surface area contributed by atoms with Crippen LogP contribution in [0.1, 0.15) is 23.2 Å². The summed E-state index contributed by atoms with van der Waals surface area (Å²) >= 11 is 7.20. The molecule has 30 heavy (non-hydrogen) atoms. The molecule has 0 bridgehead atoms. The van der Waals surface area contributed by atoms with Crippen LogP contribution in [0.4, 0.5) is 10.8 Å². The van der Waals surface area contributed by atoms with Gasteiger partial charge in [-0.05, 0) is 37.1 Å². The van der Waals surface area contributed by atoms with E-state index < -0.39 is 20.9 Å². The summed E-state index contributed by atoms with van der Waals surface area (Å²) < 4.78 is 27.6. The van der Waals surface area contributed by atoms with Gasteiger partial charge in [0.15, 0.2) is 5.13 Å². The Kier molecular flexibility index (Phi) is 5.45. The number of thiazole rings is 1. The summed E-state index contributed by atoms with van der Waals surface area (Å²) in [5.74, 6) is -0.557. The lowest BCUT2D eigenvalue weighted by Crippen LogP contribution is -2.28. The topological polar surface area (TPSA) is 123 Å². The van der Waals surface area contributed by atoms with Crippen LogP contribution in [-0.4, -0.2) is 41.6 Å². The number of hydrogen-bond donors (Lipinski definition) is 1. The third kappa shape index (κ3) is 3.88. The van der Waals surface area contributed by atoms with E-state index in [2.05, 4.69) is 10.3 Å². The van der Waals surface area contributed by atoms with Crippen LogP contribution < -0.4 is 5.32 Å². The third-order valence-electron chi connectivity index (χ3n) is 4.68. The fourth-order valence-corrected chi connectivity index (χ4v) is 6.07. The van der Waals surface area contributed by atoms with E-state index in [4.69, 9.17) is 11.6 Å². The Labute approximate surface area is 180 Å². The maximum Gasteiger partial charge on any atom is 0.270 e. The summed E-state index contributed by atoms with van der Waals surface area (Å²) in [5, 5.41) is 13.8. The second kappa shape index (κ2) is 7.91. The number of nitrogens with zero attached hydrogens (tertiary/aromatic N) is 3. The molecular weight excluding hydrogens is 452 g/mol. The zero-order chi connectivity index (χ0) is 21.5. The molecule has 0 saturated carbocycles. The largest absolute Gasteiger partial charge is 0.298 e. The van der Waals surface area contributed by atoms with Crippen LogP contribution in [0, 0.1) is 10.1 Å². The van der Waals surface area contributed by atoms with Crippen LogP contribution in [0.2, 0.25) is 5.02 Å². The zero-order valence-electron chi connectivity index (χ0n) is 15.4. The summed E-state index contributed by atoms with van der Waals surface area (Å²) in [4.78, 5) is 27.2. The Morgan fingerprint density at radius 2 is 1.93 bits per heavy atom. The van der Waals surface area contributed by atoms with Gasteiger partial charge >= 0.3 is 0 Å². The SMILES string of the molecule is O=C(Nc1nc2ccc([N+](=O)[O-])cc2s1)c1ccc(Cl)c(S(=O)(=O)N2CCCC2)c1. The van der Waals surface area contributed by atoms with Gasteiger partial charge in [0.2, 0.25) is 10.0 Å². The maximum atomic E-state index is 12.8. The molecule has 1 amide bonds. The minimum atomic E-state index is -3.79. The molecule has 1 fully saturated rings. The Balaban J connectivity index is 1.61. The van der Waals surface area contributed by atoms with Crippen molar-refractivity contribution in [2.45, 2.75) is 17.7 Å². The molecule has 2 heterocycles. The lowest BCUT2D eigenvalue weighted by atomic mass is 10.2. The van der Waals surface area contributed by atoms with Gasteiger partial charge in [-0.15, -0.1) is 0 Å². The number of hydrogen-bond acceptors (Lipinski definition) is 7. The van der Waals surface area contributed by atoms with Gasteiger partial charge in [-0.25, -0.2) is 13.4 Å². The molecule has 0 atom stereocenters. The first kappa shape index (κ1) is 20.7. The molecule has 0 aliphatic carbocycles. The maximum absolute atomic E-state index is 12.8. The normalized spacial score (nSPS) is 14.8. The number of carbonyl (C=O) groups excluding carboxylic acids is 1. The molecule has 1 saturated heterocycles. The predicted octanol–water partition coefficient (Wildman–Crippen LogP) is 3.89. The van der Waals surface area contributed by atoms with Crippen LogP contribution in [0.5, 0.6) is 0 Å². The molecule has 9 nitrogen and oxygen atoms in total. The second-order valence-electron chi connectivity index (χ2n) is 6.64. The highest BCUT2D eigenvalue weighted by molar-refractivity contribution is 7.89. The Morgan fingerprint density at radius 3 is 2.63 bits per heavy atom. The summed E-state index contributed by atoms with van der Waals surface area (Å²) in [6.45, 7) is 0.847. The van der Waals surface area contributed by atoms with Crippen molar-refractivity contribution >= 4 is 59.9 Å². The number of nitro groups is 1. The van der Waals surface area contributed by atoms with Crippen molar-refractivity contribution in [2.24, 2.45) is 0 Å². The Hall–Kier alpha value is -2.60. The average Bonchev–Trinajstić information content (AvgIpc) is 3.37. The van der Waals surface area contributed by atoms with E-state index in [1.54, 1.807) is 0 Å². The fraction of sp³-hybridized carbons (Fsp3) is 0.222. The lowest BCUT2D eigenvalue weighted by Gasteiger charge is -2.17. The minimum absolute atomic E-state index is 0.0470. The molecule has 2 aromatic carbocycles. The van der Waals surface area contributed by atoms with Crippen LogP contribution in [0.25, 0.3) is 10.2 Å². The van der Waals surface area contributed by atoms with Crippen molar-refractivity contribution in [3.63, 3.8) is 0 Å². The molecule has 0 unspecified atom stereocenters. The molecule has 12 heteroatoms. The summed E-state index contributed by atoms with van der Waals surface area (Å²) in [5.41, 5.74) is 0.551. The number of anilines is 1. The predicted molar refractivity (Wildman–Crippen MR) is 114 cm³/mol. The third-order valence-corrected chi connectivity index (χ3v) is 7.99. The Morgan fingerprint density at radius 1 is 1.20 bits per heavy atom. The second-order valence-corrected chi connectivity index (χ2v) is 9.98. The molecule has 0 radical (unpaired) electrons. The molecule has 1 aromatic heterocycles. The molecule has 0 spiro atoms. The number of carbonyl (C=O) groups is 1. The number of sulfonamides is 1. The summed E-state index contributed by atoms with van der Waals surface area (Å²) in [7, 11) is -3.79. The molecule has 3 aromatic rings. The van der Waals surface area contributed by atoms with E-state index in [-0.39, 0.29) is 26.3 Å². The van der Waals surface area contributed by atoms with E-state index in [9.17, 15) is 23.3 Å². The van der Waals surface area contributed by atoms with Gasteiger partial charge < -0.3 is 0 Å². The van der Waals surface area contributed by atoms with Crippen molar-refractivity contribution in [1.29, 1.82) is 0 Å². The van der Waals surface area contributed by atoms with Crippen molar-refractivity contribution in [2.75, 3.05) is 18.4 Å². The van der Waals surface area contributed by atoms with Crippen LogP contribution >= 0.6 is 22.9 Å². The summed E-state index contributed by atoms with van der Waals surface area (Å²) in [6, 6.07) is 8.28. The zero-order valence-corrected chi connectivity index (χ0v) is 17.8. The van der Waals surface area contributed by atoms with Gasteiger partial charge in [0.05, 0.1) is 20.2 Å². The van der Waals surface area contributed by atoms with Gasteiger partial charge in [-0.3, -0.25) is 20.2 Å². The number of nitrogens with one attached hydrogen (secondary N) is 1. The van der Waals surface area contributed by atoms with Crippen molar-refractivity contribution in [1.82, 2.24) is 9.29 Å². The van der Waals surface area contributed by atoms with Gasteiger partial charge in [-0.1, -0.05) is 22.9 Å². The minimum Gasteiger partial charge on any atom is -0.298 e. The standard InChI is InChI=1S/C18H15ClN4O5S2/c19-13-5-3-11(9-16(13)30(27,28)22-7-1-2-8-22)17(24)21-18-20-14-6-4-12(23(25)26)10-15(14)29-18/h3-6,9-10H,1-2,7-8H2,(H,20,21,24). The lowest BCUT2D eigenvalue weighted by molar-refractivity contribution is -0.384. The van der Waals surface area contributed by atoms with Gasteiger partial charge in [0.25, 0.3) is 11.6 Å². The van der Waals surface area contributed by atoms with Gasteiger partial charge in [-0.2, -0.15) is 4.31 Å². The van der Waals surface area contributed by atoms with Gasteiger partial charge in [0, 0.05) is 30.8 Å². The van der Waals surface area contributed by atoms with Crippen molar-refractivity contribution in [3.05, 3.63) is 57.1 Å². The first-order valence-corrected chi connectivity index (χ1v) is 11.6. The van der Waals surface area contributed by atoms with Gasteiger partial charge in [0.1, 0.15) is 4.90 Å². The van der Waals surface area contributed by atoms with E-state index in [1.807, 2.05) is 0 Å². The summed E-state index contributed by atoms with van der Waals surface area (Å²) in [6.07, 6.45) is 1.57. The fourth-order valence-electron chi connectivity index (χ4n) is 3.16. The van der Waals surface area contributed by atoms with E-state index in [0.29, 0.717) is 23.3 Å². The highest BCUT2D eigenvalue weighted by atomic mass is 35.5. The first-order valence-electron chi connectivity index (χ1n) is 8.92.